The molecule has 0 bridgehead atoms. The molecule has 0 saturated carbocycles. The van der Waals surface area contributed by atoms with Crippen molar-refractivity contribution in [2.45, 2.75) is 66.6 Å². The summed E-state index contributed by atoms with van der Waals surface area (Å²) in [6, 6.07) is 8.18. The molecule has 4 rings (SSSR count). The van der Waals surface area contributed by atoms with Crippen LogP contribution in [0.3, 0.4) is 0 Å². The van der Waals surface area contributed by atoms with Gasteiger partial charge in [0.2, 0.25) is 5.91 Å². The Balaban J connectivity index is 0.00000441. The Bertz CT molecular complexity index is 1330. The van der Waals surface area contributed by atoms with Crippen LogP contribution in [0.4, 0.5) is 18.9 Å². The largest absolute Gasteiger partial charge is 0.355 e. The van der Waals surface area contributed by atoms with Crippen LogP contribution in [-0.4, -0.2) is 64.7 Å². The number of anilines is 1. The second-order valence-electron chi connectivity index (χ2n) is 10.0. The highest BCUT2D eigenvalue weighted by atomic mass is 19.3. The third-order valence-electron chi connectivity index (χ3n) is 6.96. The van der Waals surface area contributed by atoms with Crippen LogP contribution in [0.5, 0.6) is 0 Å². The van der Waals surface area contributed by atoms with Gasteiger partial charge in [0.15, 0.2) is 0 Å². The van der Waals surface area contributed by atoms with Crippen LogP contribution in [0, 0.1) is 12.7 Å². The maximum Gasteiger partial charge on any atom is 0.257 e. The Labute approximate surface area is 233 Å². The Morgan fingerprint density at radius 2 is 1.85 bits per heavy atom. The second-order valence-corrected chi connectivity index (χ2v) is 10.0. The number of hydrazine groups is 1. The third-order valence-corrected chi connectivity index (χ3v) is 6.96. The zero-order chi connectivity index (χ0) is 28.1. The van der Waals surface area contributed by atoms with Gasteiger partial charge in [0, 0.05) is 44.0 Å². The molecule has 8 nitrogen and oxygen atoms in total. The van der Waals surface area contributed by atoms with Gasteiger partial charge in [0.1, 0.15) is 12.4 Å². The minimum atomic E-state index is -2.53. The Kier molecular flexibility index (Phi) is 10.6. The number of aromatic nitrogens is 2. The summed E-state index contributed by atoms with van der Waals surface area (Å²) in [5.41, 5.74) is 3.77. The van der Waals surface area contributed by atoms with E-state index in [1.807, 2.05) is 11.9 Å². The molecule has 11 heteroatoms. The Morgan fingerprint density at radius 1 is 1.10 bits per heavy atom. The van der Waals surface area contributed by atoms with Gasteiger partial charge in [-0.25, -0.2) is 18.2 Å². The van der Waals surface area contributed by atoms with Gasteiger partial charge in [0.25, 0.3) is 12.3 Å². The fourth-order valence-corrected chi connectivity index (χ4v) is 4.83. The molecule has 0 saturated heterocycles. The van der Waals surface area contributed by atoms with Gasteiger partial charge in [-0.15, -0.1) is 0 Å². The quantitative estimate of drug-likeness (QED) is 0.320. The molecule has 0 aliphatic carbocycles. The lowest BCUT2D eigenvalue weighted by molar-refractivity contribution is -0.145. The number of carbonyl (C=O) groups is 2. The van der Waals surface area contributed by atoms with Crippen molar-refractivity contribution in [2.75, 3.05) is 31.6 Å². The number of rotatable bonds is 12. The average Bonchev–Trinajstić information content (AvgIpc) is 3.47. The van der Waals surface area contributed by atoms with E-state index in [9.17, 15) is 22.8 Å². The number of aryl methyl sites for hydroxylation is 1. The molecule has 0 radical (unpaired) electrons. The lowest BCUT2D eigenvalue weighted by atomic mass is 10.1. The smallest absolute Gasteiger partial charge is 0.257 e. The zero-order valence-corrected chi connectivity index (χ0v) is 22.6. The van der Waals surface area contributed by atoms with Gasteiger partial charge in [-0.1, -0.05) is 33.3 Å². The Morgan fingerprint density at radius 3 is 2.58 bits per heavy atom. The summed E-state index contributed by atoms with van der Waals surface area (Å²) in [5.74, 6) is -0.767. The minimum absolute atomic E-state index is 0. The maximum atomic E-state index is 13.7. The summed E-state index contributed by atoms with van der Waals surface area (Å²) in [5, 5.41) is 11.1. The van der Waals surface area contributed by atoms with Crippen LogP contribution >= 0.6 is 0 Å². The van der Waals surface area contributed by atoms with Gasteiger partial charge in [-0.05, 0) is 54.3 Å². The highest BCUT2D eigenvalue weighted by Gasteiger charge is 2.27. The molecule has 1 N–H and O–H groups in total. The van der Waals surface area contributed by atoms with E-state index in [0.29, 0.717) is 36.2 Å². The van der Waals surface area contributed by atoms with Gasteiger partial charge in [-0.3, -0.25) is 19.3 Å². The number of alkyl halides is 2. The SMILES string of the molecule is C.CCCCCNC(=O)CN(CC(=O)N(C)N1Cc2ccc(F)cc2C1)c1cc2cn(CC(F)F)nc2cc1C. The number of nitrogens with zero attached hydrogens (tertiary/aromatic N) is 5. The predicted octanol–water partition coefficient (Wildman–Crippen LogP) is 4.89. The third kappa shape index (κ3) is 7.53. The van der Waals surface area contributed by atoms with Crippen molar-refractivity contribution >= 4 is 28.4 Å². The maximum absolute atomic E-state index is 13.7. The number of fused-ring (bicyclic) bond motifs is 2. The lowest BCUT2D eigenvalue weighted by Gasteiger charge is -2.32. The number of halogens is 3. The molecular weight excluding hydrogens is 521 g/mol. The van der Waals surface area contributed by atoms with E-state index in [1.165, 1.54) is 21.8 Å². The van der Waals surface area contributed by atoms with Crippen molar-refractivity contribution in [2.24, 2.45) is 0 Å². The first-order chi connectivity index (χ1) is 18.6. The zero-order valence-electron chi connectivity index (χ0n) is 22.6. The van der Waals surface area contributed by atoms with Crippen molar-refractivity contribution in [3.8, 4) is 0 Å². The number of benzene rings is 2. The standard InChI is InChI=1S/C28H35F3N6O2.CH4/c1-4-5-6-9-32-27(38)17-35(25-12-22-13-36(16-26(30)31)33-24(22)10-19(25)2)18-28(39)34(3)37-14-20-7-8-23(29)11-21(20)15-37;/h7-8,10-13,26H,4-6,9,14-18H2,1-3H3,(H,32,38);1H4. The van der Waals surface area contributed by atoms with Crippen molar-refractivity contribution in [1.82, 2.24) is 25.1 Å². The van der Waals surface area contributed by atoms with E-state index in [1.54, 1.807) is 36.3 Å². The first-order valence-electron chi connectivity index (χ1n) is 13.2. The first-order valence-corrected chi connectivity index (χ1v) is 13.2. The molecule has 218 valence electrons. The topological polar surface area (TPSA) is 73.7 Å². The van der Waals surface area contributed by atoms with Crippen LogP contribution < -0.4 is 10.2 Å². The predicted molar refractivity (Wildman–Crippen MR) is 150 cm³/mol. The van der Waals surface area contributed by atoms with Crippen molar-refractivity contribution in [3.05, 3.63) is 59.0 Å². The highest BCUT2D eigenvalue weighted by Crippen LogP contribution is 2.28. The first kappa shape index (κ1) is 30.9. The van der Waals surface area contributed by atoms with E-state index in [0.717, 1.165) is 36.0 Å². The number of amides is 2. The normalized spacial score (nSPS) is 12.9. The molecule has 0 spiro atoms. The molecule has 2 amide bonds. The highest BCUT2D eigenvalue weighted by molar-refractivity contribution is 5.90. The number of hydrogen-bond acceptors (Lipinski definition) is 5. The van der Waals surface area contributed by atoms with Crippen LogP contribution in [0.25, 0.3) is 10.9 Å². The molecule has 1 aromatic heterocycles. The number of likely N-dealkylation sites (N-methyl/N-ethyl adjacent to an activating group) is 1. The molecule has 0 atom stereocenters. The molecular formula is C29H39F3N6O2. The van der Waals surface area contributed by atoms with Crippen LogP contribution in [0.2, 0.25) is 0 Å². The number of nitrogens with one attached hydrogen (secondary N) is 1. The van der Waals surface area contributed by atoms with Gasteiger partial charge < -0.3 is 10.2 Å². The summed E-state index contributed by atoms with van der Waals surface area (Å²) in [6.07, 6.45) is 1.92. The molecule has 1 aliphatic rings. The molecule has 1 aliphatic heterocycles. The van der Waals surface area contributed by atoms with Crippen molar-refractivity contribution in [1.29, 1.82) is 0 Å². The number of unbranched alkanes of at least 4 members (excludes halogenated alkanes) is 2. The molecule has 0 unspecified atom stereocenters. The molecule has 2 aromatic carbocycles. The van der Waals surface area contributed by atoms with Gasteiger partial charge in [0.05, 0.1) is 18.6 Å². The summed E-state index contributed by atoms with van der Waals surface area (Å²) < 4.78 is 40.7. The van der Waals surface area contributed by atoms with E-state index in [2.05, 4.69) is 17.3 Å². The summed E-state index contributed by atoms with van der Waals surface area (Å²) in [4.78, 5) is 28.0. The van der Waals surface area contributed by atoms with Crippen LogP contribution in [0.1, 0.15) is 50.3 Å². The van der Waals surface area contributed by atoms with Crippen LogP contribution in [-0.2, 0) is 29.2 Å². The lowest BCUT2D eigenvalue weighted by Crippen LogP contribution is -2.48. The average molecular weight is 561 g/mol. The summed E-state index contributed by atoms with van der Waals surface area (Å²) in [7, 11) is 1.66. The molecule has 2 heterocycles. The monoisotopic (exact) mass is 560 g/mol. The van der Waals surface area contributed by atoms with E-state index < -0.39 is 13.0 Å². The fourth-order valence-electron chi connectivity index (χ4n) is 4.83. The van der Waals surface area contributed by atoms with E-state index in [-0.39, 0.29) is 38.1 Å². The second kappa shape index (κ2) is 13.6. The molecule has 40 heavy (non-hydrogen) atoms. The number of hydrogen-bond donors (Lipinski definition) is 1. The fraction of sp³-hybridized carbons (Fsp3) is 0.483. The van der Waals surface area contributed by atoms with E-state index >= 15 is 0 Å². The number of carbonyl (C=O) groups excluding carboxylic acids is 2. The molecule has 3 aromatic rings. The summed E-state index contributed by atoms with van der Waals surface area (Å²) in [6.45, 7) is 4.71. The minimum Gasteiger partial charge on any atom is -0.355 e. The Hall–Kier alpha value is -3.60. The van der Waals surface area contributed by atoms with Crippen molar-refractivity contribution in [3.63, 3.8) is 0 Å². The molecule has 0 fully saturated rings. The van der Waals surface area contributed by atoms with Crippen LogP contribution in [0.15, 0.2) is 36.5 Å². The summed E-state index contributed by atoms with van der Waals surface area (Å²) >= 11 is 0. The van der Waals surface area contributed by atoms with Gasteiger partial charge in [-0.2, -0.15) is 5.10 Å². The van der Waals surface area contributed by atoms with Crippen molar-refractivity contribution < 1.29 is 22.8 Å². The van der Waals surface area contributed by atoms with E-state index in [4.69, 9.17) is 0 Å². The van der Waals surface area contributed by atoms with Gasteiger partial charge >= 0.3 is 0 Å².